The Balaban J connectivity index is 4.66. The third-order valence-corrected chi connectivity index (χ3v) is 16.0. The number of phosphoric ester groups is 1. The van der Waals surface area contributed by atoms with Gasteiger partial charge in [-0.15, -0.1) is 0 Å². The number of aliphatic hydroxyl groups excluding tert-OH is 1. The van der Waals surface area contributed by atoms with E-state index in [1.54, 1.807) is 0 Å². The fourth-order valence-corrected chi connectivity index (χ4v) is 10.6. The van der Waals surface area contributed by atoms with Gasteiger partial charge in [0.25, 0.3) is 0 Å². The van der Waals surface area contributed by atoms with Crippen molar-refractivity contribution in [3.05, 3.63) is 36.5 Å². The van der Waals surface area contributed by atoms with Gasteiger partial charge in [0.1, 0.15) is 12.7 Å². The minimum atomic E-state index is -4.75. The van der Waals surface area contributed by atoms with Crippen LogP contribution in [0.15, 0.2) is 36.5 Å². The summed E-state index contributed by atoms with van der Waals surface area (Å²) in [5.74, 6) is -1.44. The van der Waals surface area contributed by atoms with E-state index in [0.29, 0.717) is 19.3 Å². The van der Waals surface area contributed by atoms with Crippen LogP contribution >= 0.6 is 7.82 Å². The summed E-state index contributed by atoms with van der Waals surface area (Å²) in [6, 6.07) is 0. The first-order chi connectivity index (χ1) is 39.2. The van der Waals surface area contributed by atoms with E-state index in [2.05, 4.69) is 57.2 Å². The van der Waals surface area contributed by atoms with Crippen molar-refractivity contribution in [2.75, 3.05) is 26.4 Å². The van der Waals surface area contributed by atoms with Crippen molar-refractivity contribution in [3.8, 4) is 0 Å². The maximum atomic E-state index is 13.0. The number of aliphatic hydroxyl groups is 1. The second-order valence-electron chi connectivity index (χ2n) is 23.0. The molecule has 80 heavy (non-hydrogen) atoms. The lowest BCUT2D eigenvalue weighted by Gasteiger charge is -2.21. The first kappa shape index (κ1) is 77.7. The highest BCUT2D eigenvalue weighted by Crippen LogP contribution is 2.43. The lowest BCUT2D eigenvalue weighted by Crippen LogP contribution is -2.30. The predicted molar refractivity (Wildman–Crippen MR) is 335 cm³/mol. The van der Waals surface area contributed by atoms with Gasteiger partial charge in [0.05, 0.1) is 19.8 Å². The van der Waals surface area contributed by atoms with E-state index in [1.807, 2.05) is 0 Å². The SMILES string of the molecule is CCCCC/C=C\C/C=C\CCCCCCCCCCCC(=O)OC(COC(=O)CCCCCCCCCCCCCCCCCCC)COP(=O)(O)OCC(CO)OC(=O)CCCCCCCCC/C=C\CCCCCCCC. The highest BCUT2D eigenvalue weighted by Gasteiger charge is 2.28. The van der Waals surface area contributed by atoms with Gasteiger partial charge in [0, 0.05) is 19.3 Å². The van der Waals surface area contributed by atoms with Gasteiger partial charge in [-0.2, -0.15) is 0 Å². The molecule has 0 saturated heterocycles. The van der Waals surface area contributed by atoms with Gasteiger partial charge >= 0.3 is 25.7 Å². The molecule has 0 aliphatic rings. The molecule has 11 nitrogen and oxygen atoms in total. The van der Waals surface area contributed by atoms with Crippen molar-refractivity contribution in [1.29, 1.82) is 0 Å². The smallest absolute Gasteiger partial charge is 0.462 e. The average molecular weight is 1150 g/mol. The second-order valence-corrected chi connectivity index (χ2v) is 24.4. The highest BCUT2D eigenvalue weighted by molar-refractivity contribution is 7.47. The van der Waals surface area contributed by atoms with Gasteiger partial charge in [-0.05, 0) is 77.0 Å². The van der Waals surface area contributed by atoms with Crippen molar-refractivity contribution in [3.63, 3.8) is 0 Å². The number of carbonyl (C=O) groups excluding carboxylic acids is 3. The molecule has 0 fully saturated rings. The average Bonchev–Trinajstić information content (AvgIpc) is 3.45. The normalized spacial score (nSPS) is 13.4. The first-order valence-electron chi connectivity index (χ1n) is 33.9. The van der Waals surface area contributed by atoms with Crippen LogP contribution in [0.2, 0.25) is 0 Å². The molecule has 0 rings (SSSR count). The Hall–Kier alpha value is -2.30. The first-order valence-corrected chi connectivity index (χ1v) is 35.4. The molecular weight excluding hydrogens is 1020 g/mol. The Morgan fingerprint density at radius 1 is 0.350 bits per heavy atom. The number of esters is 3. The summed E-state index contributed by atoms with van der Waals surface area (Å²) in [5, 5.41) is 9.87. The predicted octanol–water partition coefficient (Wildman–Crippen LogP) is 20.7. The molecule has 0 aromatic heterocycles. The van der Waals surface area contributed by atoms with Crippen LogP contribution in [0, 0.1) is 0 Å². The number of hydrogen-bond acceptors (Lipinski definition) is 10. The zero-order valence-corrected chi connectivity index (χ0v) is 53.2. The summed E-state index contributed by atoms with van der Waals surface area (Å²) in [5.41, 5.74) is 0. The van der Waals surface area contributed by atoms with Crippen molar-refractivity contribution in [2.45, 2.75) is 354 Å². The van der Waals surface area contributed by atoms with Gasteiger partial charge in [-0.25, -0.2) is 4.57 Å². The van der Waals surface area contributed by atoms with E-state index < -0.39 is 57.8 Å². The van der Waals surface area contributed by atoms with Crippen LogP contribution in [0.3, 0.4) is 0 Å². The fraction of sp³-hybridized carbons (Fsp3) is 0.868. The maximum Gasteiger partial charge on any atom is 0.472 e. The van der Waals surface area contributed by atoms with E-state index in [9.17, 15) is 28.9 Å². The van der Waals surface area contributed by atoms with Gasteiger partial charge in [0.2, 0.25) is 0 Å². The maximum absolute atomic E-state index is 13.0. The second kappa shape index (κ2) is 62.7. The van der Waals surface area contributed by atoms with Crippen molar-refractivity contribution >= 4 is 25.7 Å². The largest absolute Gasteiger partial charge is 0.472 e. The molecule has 0 aromatic carbocycles. The van der Waals surface area contributed by atoms with Crippen LogP contribution in [0.5, 0.6) is 0 Å². The number of ether oxygens (including phenoxy) is 3. The van der Waals surface area contributed by atoms with E-state index in [0.717, 1.165) is 77.0 Å². The molecule has 0 aromatic rings. The summed E-state index contributed by atoms with van der Waals surface area (Å²) >= 11 is 0. The molecule has 0 saturated carbocycles. The van der Waals surface area contributed by atoms with Crippen molar-refractivity contribution < 1.29 is 52.2 Å². The van der Waals surface area contributed by atoms with Crippen molar-refractivity contribution in [2.24, 2.45) is 0 Å². The number of unbranched alkanes of at least 4 members (excludes halogenated alkanes) is 41. The Labute approximate surface area is 492 Å². The molecule has 0 heterocycles. The summed E-state index contributed by atoms with van der Waals surface area (Å²) in [6.45, 7) is 4.69. The standard InChI is InChI=1S/C68H127O11P/c1-4-7-10-13-16-19-22-25-28-31-32-35-38-41-44-47-50-53-56-59-68(72)79-65(61-75-66(70)57-54-51-48-45-42-39-36-33-29-26-23-20-17-14-11-8-5-2)63-77-80(73,74)76-62-64(60-69)78-67(71)58-55-52-49-46-43-40-37-34-30-27-24-21-18-15-12-9-6-3/h16,19,25,27-28,30,64-65,69H,4-15,17-18,20-24,26,29,31-63H2,1-3H3,(H,73,74)/b19-16-,28-25-,30-27-. The molecular formula is C68H127O11P. The Bertz CT molecular complexity index is 1480. The number of hydrogen-bond donors (Lipinski definition) is 2. The van der Waals surface area contributed by atoms with Gasteiger partial charge in [-0.3, -0.25) is 23.4 Å². The summed E-state index contributed by atoms with van der Waals surface area (Å²) in [4.78, 5) is 48.8. The van der Waals surface area contributed by atoms with E-state index in [-0.39, 0.29) is 25.9 Å². The monoisotopic (exact) mass is 1150 g/mol. The van der Waals surface area contributed by atoms with Gasteiger partial charge < -0.3 is 24.2 Å². The number of phosphoric acid groups is 1. The third-order valence-electron chi connectivity index (χ3n) is 15.0. The molecule has 0 radical (unpaired) electrons. The van der Waals surface area contributed by atoms with Crippen LogP contribution in [0.1, 0.15) is 342 Å². The number of allylic oxidation sites excluding steroid dienone is 6. The molecule has 12 heteroatoms. The zero-order valence-electron chi connectivity index (χ0n) is 52.3. The quantitative estimate of drug-likeness (QED) is 0.0197. The lowest BCUT2D eigenvalue weighted by atomic mass is 10.0. The summed E-state index contributed by atoms with van der Waals surface area (Å²) in [6.07, 6.45) is 68.0. The fourth-order valence-electron chi connectivity index (χ4n) is 9.86. The molecule has 0 bridgehead atoms. The van der Waals surface area contributed by atoms with Gasteiger partial charge in [-0.1, -0.05) is 282 Å². The van der Waals surface area contributed by atoms with Crippen LogP contribution < -0.4 is 0 Å². The number of rotatable bonds is 64. The zero-order chi connectivity index (χ0) is 58.3. The van der Waals surface area contributed by atoms with Crippen LogP contribution in [-0.2, 0) is 42.2 Å². The van der Waals surface area contributed by atoms with E-state index in [1.165, 1.54) is 205 Å². The molecule has 470 valence electrons. The summed E-state index contributed by atoms with van der Waals surface area (Å²) in [7, 11) is -4.75. The van der Waals surface area contributed by atoms with Crippen LogP contribution in [-0.4, -0.2) is 66.5 Å². The molecule has 0 aliphatic heterocycles. The molecule has 3 unspecified atom stereocenters. The minimum absolute atomic E-state index is 0.167. The lowest BCUT2D eigenvalue weighted by molar-refractivity contribution is -0.161. The Kier molecular flexibility index (Phi) is 60.9. The molecule has 2 N–H and O–H groups in total. The third kappa shape index (κ3) is 60.3. The highest BCUT2D eigenvalue weighted by atomic mass is 31.2. The topological polar surface area (TPSA) is 155 Å². The van der Waals surface area contributed by atoms with E-state index in [4.69, 9.17) is 23.3 Å². The van der Waals surface area contributed by atoms with E-state index >= 15 is 0 Å². The van der Waals surface area contributed by atoms with Crippen LogP contribution in [0.25, 0.3) is 0 Å². The van der Waals surface area contributed by atoms with Crippen molar-refractivity contribution in [1.82, 2.24) is 0 Å². The van der Waals surface area contributed by atoms with Gasteiger partial charge in [0.15, 0.2) is 6.10 Å². The summed E-state index contributed by atoms with van der Waals surface area (Å²) < 4.78 is 39.8. The molecule has 0 aliphatic carbocycles. The van der Waals surface area contributed by atoms with Crippen LogP contribution in [0.4, 0.5) is 0 Å². The molecule has 0 spiro atoms. The minimum Gasteiger partial charge on any atom is -0.462 e. The molecule has 0 amide bonds. The number of carbonyl (C=O) groups is 3. The Morgan fingerprint density at radius 3 is 0.963 bits per heavy atom. The molecule has 3 atom stereocenters. The Morgan fingerprint density at radius 2 is 0.613 bits per heavy atom.